The number of likely N-dealkylation sites (tertiary alicyclic amines) is 1. The molecule has 0 bridgehead atoms. The predicted molar refractivity (Wildman–Crippen MR) is 60.3 cm³/mol. The largest absolute Gasteiger partial charge is 0.333 e. The maximum absolute atomic E-state index is 5.65. The Kier molecular flexibility index (Phi) is 3.38. The molecule has 1 aliphatic rings. The lowest BCUT2D eigenvalue weighted by Crippen LogP contribution is -2.32. The van der Waals surface area contributed by atoms with Gasteiger partial charge < -0.3 is 15.2 Å². The molecule has 1 aromatic rings. The van der Waals surface area contributed by atoms with E-state index < -0.39 is 0 Å². The highest BCUT2D eigenvalue weighted by Gasteiger charge is 2.17. The molecule has 2 rings (SSSR count). The maximum Gasteiger partial charge on any atom is 0.0948 e. The molecular weight excluding hydrogens is 188 g/mol. The average molecular weight is 208 g/mol. The molecule has 1 saturated heterocycles. The molecule has 15 heavy (non-hydrogen) atoms. The van der Waals surface area contributed by atoms with Crippen molar-refractivity contribution < 1.29 is 0 Å². The van der Waals surface area contributed by atoms with E-state index in [-0.39, 0.29) is 0 Å². The van der Waals surface area contributed by atoms with Crippen molar-refractivity contribution in [3.05, 3.63) is 18.2 Å². The van der Waals surface area contributed by atoms with Crippen LogP contribution in [0.5, 0.6) is 0 Å². The van der Waals surface area contributed by atoms with Crippen LogP contribution in [0.2, 0.25) is 0 Å². The van der Waals surface area contributed by atoms with E-state index in [0.29, 0.717) is 6.54 Å². The van der Waals surface area contributed by atoms with E-state index in [1.165, 1.54) is 25.9 Å². The Morgan fingerprint density at radius 3 is 2.87 bits per heavy atom. The summed E-state index contributed by atoms with van der Waals surface area (Å²) in [4.78, 5) is 6.54. The van der Waals surface area contributed by atoms with Crippen molar-refractivity contribution in [2.45, 2.75) is 25.9 Å². The molecule has 4 nitrogen and oxygen atoms in total. The van der Waals surface area contributed by atoms with Gasteiger partial charge in [0.25, 0.3) is 0 Å². The topological polar surface area (TPSA) is 47.1 Å². The number of piperidine rings is 1. The van der Waals surface area contributed by atoms with Crippen molar-refractivity contribution in [3.63, 3.8) is 0 Å². The maximum atomic E-state index is 5.65. The number of rotatable bonds is 3. The Labute approximate surface area is 91.1 Å². The Bertz CT molecular complexity index is 299. The van der Waals surface area contributed by atoms with Crippen molar-refractivity contribution in [1.29, 1.82) is 0 Å². The summed E-state index contributed by atoms with van der Waals surface area (Å²) in [6.45, 7) is 4.11. The molecule has 0 saturated carbocycles. The quantitative estimate of drug-likeness (QED) is 0.794. The number of nitrogens with two attached hydrogens (primary N) is 1. The zero-order chi connectivity index (χ0) is 10.7. The summed E-state index contributed by atoms with van der Waals surface area (Å²) >= 11 is 0. The summed E-state index contributed by atoms with van der Waals surface area (Å²) in [5.41, 5.74) is 6.80. The first kappa shape index (κ1) is 10.6. The fraction of sp³-hybridized carbons (Fsp3) is 0.727. The summed E-state index contributed by atoms with van der Waals surface area (Å²) in [6.07, 6.45) is 6.35. The summed E-state index contributed by atoms with van der Waals surface area (Å²) in [5.74, 6) is 0.792. The second-order valence-corrected chi connectivity index (χ2v) is 4.49. The highest BCUT2D eigenvalue weighted by molar-refractivity contribution is 4.97. The number of imidazole rings is 1. The lowest BCUT2D eigenvalue weighted by molar-refractivity contribution is 0.204. The number of aromatic nitrogens is 2. The summed E-state index contributed by atoms with van der Waals surface area (Å²) in [7, 11) is 2.19. The van der Waals surface area contributed by atoms with Crippen LogP contribution in [-0.2, 0) is 13.1 Å². The first-order valence-corrected chi connectivity index (χ1v) is 5.67. The smallest absolute Gasteiger partial charge is 0.0948 e. The minimum atomic E-state index is 0.590. The molecule has 0 radical (unpaired) electrons. The molecule has 1 aliphatic heterocycles. The van der Waals surface area contributed by atoms with Gasteiger partial charge in [-0.05, 0) is 38.9 Å². The van der Waals surface area contributed by atoms with E-state index in [4.69, 9.17) is 5.73 Å². The summed E-state index contributed by atoms with van der Waals surface area (Å²) in [5, 5.41) is 0. The normalized spacial score (nSPS) is 19.6. The molecule has 0 aromatic carbocycles. The summed E-state index contributed by atoms with van der Waals surface area (Å²) < 4.78 is 2.20. The Morgan fingerprint density at radius 1 is 1.47 bits per heavy atom. The fourth-order valence-corrected chi connectivity index (χ4v) is 2.21. The monoisotopic (exact) mass is 208 g/mol. The van der Waals surface area contributed by atoms with Gasteiger partial charge >= 0.3 is 0 Å². The molecule has 0 aliphatic carbocycles. The van der Waals surface area contributed by atoms with Crippen LogP contribution in [0, 0.1) is 5.92 Å². The van der Waals surface area contributed by atoms with Crippen molar-refractivity contribution >= 4 is 0 Å². The third-order valence-electron chi connectivity index (χ3n) is 3.30. The minimum absolute atomic E-state index is 0.590. The lowest BCUT2D eigenvalue weighted by atomic mass is 9.97. The number of hydrogen-bond acceptors (Lipinski definition) is 3. The van der Waals surface area contributed by atoms with Gasteiger partial charge in [0, 0.05) is 19.3 Å². The van der Waals surface area contributed by atoms with Gasteiger partial charge in [-0.15, -0.1) is 0 Å². The average Bonchev–Trinajstić information content (AvgIpc) is 2.69. The van der Waals surface area contributed by atoms with Gasteiger partial charge in [0.2, 0.25) is 0 Å². The zero-order valence-electron chi connectivity index (χ0n) is 9.39. The van der Waals surface area contributed by atoms with Crippen molar-refractivity contribution in [2.24, 2.45) is 11.7 Å². The SMILES string of the molecule is CN1CCC(Cn2cncc2CN)CC1. The molecular formula is C11H20N4. The Balaban J connectivity index is 1.91. The molecule has 0 amide bonds. The van der Waals surface area contributed by atoms with E-state index in [1.54, 1.807) is 0 Å². The number of hydrogen-bond donors (Lipinski definition) is 1. The molecule has 0 atom stereocenters. The van der Waals surface area contributed by atoms with Gasteiger partial charge in [-0.25, -0.2) is 4.98 Å². The van der Waals surface area contributed by atoms with Crippen LogP contribution in [0.4, 0.5) is 0 Å². The molecule has 0 spiro atoms. The zero-order valence-corrected chi connectivity index (χ0v) is 9.39. The standard InChI is InChI=1S/C11H20N4/c1-14-4-2-10(3-5-14)8-15-9-13-7-11(15)6-12/h7,9-10H,2-6,8,12H2,1H3. The molecule has 0 unspecified atom stereocenters. The third-order valence-corrected chi connectivity index (χ3v) is 3.30. The van der Waals surface area contributed by atoms with E-state index in [1.807, 2.05) is 12.5 Å². The van der Waals surface area contributed by atoms with Gasteiger partial charge in [-0.2, -0.15) is 0 Å². The molecule has 84 valence electrons. The fourth-order valence-electron chi connectivity index (χ4n) is 2.21. The van der Waals surface area contributed by atoms with Crippen molar-refractivity contribution in [1.82, 2.24) is 14.5 Å². The second-order valence-electron chi connectivity index (χ2n) is 4.49. The Hall–Kier alpha value is -0.870. The van der Waals surface area contributed by atoms with Gasteiger partial charge in [0.15, 0.2) is 0 Å². The molecule has 1 fully saturated rings. The van der Waals surface area contributed by atoms with Gasteiger partial charge in [-0.1, -0.05) is 0 Å². The molecule has 2 heterocycles. The van der Waals surface area contributed by atoms with E-state index in [2.05, 4.69) is 21.5 Å². The van der Waals surface area contributed by atoms with Crippen LogP contribution in [-0.4, -0.2) is 34.6 Å². The second kappa shape index (κ2) is 4.77. The Morgan fingerprint density at radius 2 is 2.20 bits per heavy atom. The highest BCUT2D eigenvalue weighted by atomic mass is 15.1. The van der Waals surface area contributed by atoms with Crippen LogP contribution in [0.25, 0.3) is 0 Å². The van der Waals surface area contributed by atoms with Crippen LogP contribution in [0.1, 0.15) is 18.5 Å². The van der Waals surface area contributed by atoms with Crippen molar-refractivity contribution in [2.75, 3.05) is 20.1 Å². The first-order chi connectivity index (χ1) is 7.29. The first-order valence-electron chi connectivity index (χ1n) is 5.67. The van der Waals surface area contributed by atoms with E-state index in [9.17, 15) is 0 Å². The van der Waals surface area contributed by atoms with E-state index in [0.717, 1.165) is 18.2 Å². The molecule has 2 N–H and O–H groups in total. The van der Waals surface area contributed by atoms with Crippen LogP contribution >= 0.6 is 0 Å². The number of nitrogens with zero attached hydrogens (tertiary/aromatic N) is 3. The molecule has 4 heteroatoms. The third kappa shape index (κ3) is 2.58. The summed E-state index contributed by atoms with van der Waals surface area (Å²) in [6, 6.07) is 0. The van der Waals surface area contributed by atoms with Gasteiger partial charge in [0.05, 0.1) is 12.0 Å². The molecule has 1 aromatic heterocycles. The van der Waals surface area contributed by atoms with E-state index >= 15 is 0 Å². The van der Waals surface area contributed by atoms with Crippen LogP contribution in [0.15, 0.2) is 12.5 Å². The lowest BCUT2D eigenvalue weighted by Gasteiger charge is -2.29. The van der Waals surface area contributed by atoms with Crippen LogP contribution < -0.4 is 5.73 Å². The van der Waals surface area contributed by atoms with Gasteiger partial charge in [0.1, 0.15) is 0 Å². The van der Waals surface area contributed by atoms with Crippen molar-refractivity contribution in [3.8, 4) is 0 Å². The van der Waals surface area contributed by atoms with Crippen LogP contribution in [0.3, 0.4) is 0 Å². The highest BCUT2D eigenvalue weighted by Crippen LogP contribution is 2.18. The minimum Gasteiger partial charge on any atom is -0.333 e. The van der Waals surface area contributed by atoms with Gasteiger partial charge in [-0.3, -0.25) is 0 Å². The predicted octanol–water partition coefficient (Wildman–Crippen LogP) is 0.684.